The number of carboxylic acids is 1. The molecule has 2 atom stereocenters. The van der Waals surface area contributed by atoms with Gasteiger partial charge in [-0.15, -0.1) is 0 Å². The number of piperidine rings is 1. The lowest BCUT2D eigenvalue weighted by Crippen LogP contribution is -2.33. The second-order valence-corrected chi connectivity index (χ2v) is 5.94. The molecule has 3 rings (SSSR count). The van der Waals surface area contributed by atoms with Gasteiger partial charge in [-0.25, -0.2) is 0 Å². The van der Waals surface area contributed by atoms with Crippen molar-refractivity contribution in [3.05, 3.63) is 29.8 Å². The van der Waals surface area contributed by atoms with Crippen molar-refractivity contribution in [2.45, 2.75) is 25.7 Å². The summed E-state index contributed by atoms with van der Waals surface area (Å²) < 4.78 is 0. The number of carbonyl (C=O) groups excluding carboxylic acids is 2. The Morgan fingerprint density at radius 3 is 2.10 bits per heavy atom. The van der Waals surface area contributed by atoms with Crippen molar-refractivity contribution in [2.24, 2.45) is 11.8 Å². The summed E-state index contributed by atoms with van der Waals surface area (Å²) in [6, 6.07) is 6.60. The summed E-state index contributed by atoms with van der Waals surface area (Å²) in [7, 11) is 0. The first-order valence-corrected chi connectivity index (χ1v) is 6.56. The van der Waals surface area contributed by atoms with Gasteiger partial charge in [0.1, 0.15) is 0 Å². The van der Waals surface area contributed by atoms with E-state index < -0.39 is 11.4 Å². The van der Waals surface area contributed by atoms with Gasteiger partial charge in [0.25, 0.3) is 0 Å². The van der Waals surface area contributed by atoms with Gasteiger partial charge in [-0.1, -0.05) is 12.1 Å². The molecule has 2 aliphatic rings. The first-order valence-electron chi connectivity index (χ1n) is 6.56. The Balaban J connectivity index is 1.89. The van der Waals surface area contributed by atoms with E-state index in [-0.39, 0.29) is 23.7 Å². The Morgan fingerprint density at radius 2 is 1.65 bits per heavy atom. The fraction of sp³-hybridized carbons (Fsp3) is 0.400. The Labute approximate surface area is 116 Å². The molecule has 1 aliphatic carbocycles. The molecule has 2 fully saturated rings. The number of hydrogen-bond donors (Lipinski definition) is 1. The minimum atomic E-state index is -1.00. The summed E-state index contributed by atoms with van der Waals surface area (Å²) >= 11 is 0. The van der Waals surface area contributed by atoms with Crippen molar-refractivity contribution >= 4 is 23.5 Å². The summed E-state index contributed by atoms with van der Waals surface area (Å²) in [6.07, 6.45) is 0.679. The number of carbonyl (C=O) groups is 3. The van der Waals surface area contributed by atoms with E-state index in [1.165, 1.54) is 4.90 Å². The fourth-order valence-corrected chi connectivity index (χ4v) is 2.59. The van der Waals surface area contributed by atoms with Crippen LogP contribution in [0.5, 0.6) is 0 Å². The van der Waals surface area contributed by atoms with E-state index in [0.717, 1.165) is 0 Å². The molecule has 1 aliphatic heterocycles. The number of carboxylic acid groups (broad SMARTS) is 1. The molecule has 2 amide bonds. The maximum Gasteiger partial charge on any atom is 0.313 e. The Kier molecular flexibility index (Phi) is 2.51. The predicted octanol–water partition coefficient (Wildman–Crippen LogP) is 1.56. The van der Waals surface area contributed by atoms with Gasteiger partial charge in [0.05, 0.1) is 22.9 Å². The highest BCUT2D eigenvalue weighted by atomic mass is 16.4. The highest BCUT2D eigenvalue weighted by Gasteiger charge is 2.59. The van der Waals surface area contributed by atoms with E-state index in [1.807, 2.05) is 0 Å². The van der Waals surface area contributed by atoms with Crippen LogP contribution in [0.15, 0.2) is 24.3 Å². The van der Waals surface area contributed by atoms with E-state index in [1.54, 1.807) is 38.1 Å². The Morgan fingerprint density at radius 1 is 1.15 bits per heavy atom. The molecule has 0 radical (unpaired) electrons. The maximum atomic E-state index is 12.0. The smallest absolute Gasteiger partial charge is 0.313 e. The summed E-state index contributed by atoms with van der Waals surface area (Å²) in [5.41, 5.74) is 0.162. The lowest BCUT2D eigenvalue weighted by molar-refractivity contribution is -0.142. The molecule has 1 saturated carbocycles. The van der Waals surface area contributed by atoms with Crippen molar-refractivity contribution in [2.75, 3.05) is 4.90 Å². The van der Waals surface area contributed by atoms with Gasteiger partial charge < -0.3 is 5.11 Å². The van der Waals surface area contributed by atoms with Crippen LogP contribution in [0.2, 0.25) is 0 Å². The van der Waals surface area contributed by atoms with Crippen molar-refractivity contribution in [1.82, 2.24) is 0 Å². The number of hydrogen-bond acceptors (Lipinski definition) is 3. The third-order valence-electron chi connectivity index (χ3n) is 4.25. The third kappa shape index (κ3) is 1.66. The van der Waals surface area contributed by atoms with E-state index >= 15 is 0 Å². The van der Waals surface area contributed by atoms with Crippen LogP contribution < -0.4 is 4.90 Å². The van der Waals surface area contributed by atoms with Gasteiger partial charge in [0.15, 0.2) is 0 Å². The molecule has 1 N–H and O–H groups in total. The lowest BCUT2D eigenvalue weighted by Gasteiger charge is -2.21. The van der Waals surface area contributed by atoms with Crippen LogP contribution in [-0.4, -0.2) is 22.9 Å². The standard InChI is InChI=1S/C15H15NO4/c1-15(2,14(19)20)8-3-5-9(6-4-8)16-12(17)10-7-11(10)13(16)18/h3-6,10-11H,7H2,1-2H3,(H,19,20). The summed E-state index contributed by atoms with van der Waals surface area (Å²) in [5, 5.41) is 9.18. The molecule has 0 bridgehead atoms. The molecule has 2 unspecified atom stereocenters. The zero-order valence-corrected chi connectivity index (χ0v) is 11.3. The normalized spacial score (nSPS) is 24.8. The molecular formula is C15H15NO4. The molecule has 5 heteroatoms. The highest BCUT2D eigenvalue weighted by molar-refractivity contribution is 6.24. The van der Waals surface area contributed by atoms with Gasteiger partial charge in [-0.05, 0) is 38.0 Å². The monoisotopic (exact) mass is 273 g/mol. The quantitative estimate of drug-likeness (QED) is 0.848. The number of imide groups is 1. The highest BCUT2D eigenvalue weighted by Crippen LogP contribution is 2.48. The van der Waals surface area contributed by atoms with Crippen molar-refractivity contribution < 1.29 is 19.5 Å². The fourth-order valence-electron chi connectivity index (χ4n) is 2.59. The molecule has 0 spiro atoms. The van der Waals surface area contributed by atoms with Crippen LogP contribution in [0, 0.1) is 11.8 Å². The Hall–Kier alpha value is -2.17. The van der Waals surface area contributed by atoms with E-state index in [9.17, 15) is 19.5 Å². The van der Waals surface area contributed by atoms with E-state index in [2.05, 4.69) is 0 Å². The molecule has 104 valence electrons. The number of amides is 2. The first kappa shape index (κ1) is 12.8. The molecule has 1 aromatic rings. The van der Waals surface area contributed by atoms with Gasteiger partial charge in [0, 0.05) is 0 Å². The second-order valence-electron chi connectivity index (χ2n) is 5.94. The van der Waals surface area contributed by atoms with Crippen LogP contribution in [-0.2, 0) is 19.8 Å². The first-order chi connectivity index (χ1) is 9.34. The van der Waals surface area contributed by atoms with Gasteiger partial charge in [0.2, 0.25) is 11.8 Å². The number of anilines is 1. The zero-order valence-electron chi connectivity index (χ0n) is 11.3. The van der Waals surface area contributed by atoms with Crippen LogP contribution in [0.25, 0.3) is 0 Å². The molecule has 1 saturated heterocycles. The van der Waals surface area contributed by atoms with E-state index in [4.69, 9.17) is 0 Å². The van der Waals surface area contributed by atoms with E-state index in [0.29, 0.717) is 17.7 Å². The summed E-state index contributed by atoms with van der Waals surface area (Å²) in [6.45, 7) is 3.23. The zero-order chi connectivity index (χ0) is 14.7. The average Bonchev–Trinajstić information content (AvgIpc) is 3.15. The molecule has 1 aromatic carbocycles. The number of benzene rings is 1. The van der Waals surface area contributed by atoms with Crippen LogP contribution in [0.3, 0.4) is 0 Å². The maximum absolute atomic E-state index is 12.0. The molecular weight excluding hydrogens is 258 g/mol. The number of aliphatic carboxylic acids is 1. The van der Waals surface area contributed by atoms with Gasteiger partial charge in [-0.3, -0.25) is 19.3 Å². The van der Waals surface area contributed by atoms with Crippen molar-refractivity contribution in [1.29, 1.82) is 0 Å². The second kappa shape index (κ2) is 3.91. The summed E-state index contributed by atoms with van der Waals surface area (Å²) in [4.78, 5) is 36.3. The van der Waals surface area contributed by atoms with Gasteiger partial charge in [-0.2, -0.15) is 0 Å². The van der Waals surface area contributed by atoms with Crippen LogP contribution in [0.4, 0.5) is 5.69 Å². The van der Waals surface area contributed by atoms with Crippen molar-refractivity contribution in [3.63, 3.8) is 0 Å². The van der Waals surface area contributed by atoms with Gasteiger partial charge >= 0.3 is 5.97 Å². The Bertz CT molecular complexity index is 597. The minimum absolute atomic E-state index is 0.127. The number of rotatable bonds is 3. The number of nitrogens with zero attached hydrogens (tertiary/aromatic N) is 1. The topological polar surface area (TPSA) is 74.7 Å². The van der Waals surface area contributed by atoms with Crippen LogP contribution in [0.1, 0.15) is 25.8 Å². The molecule has 1 heterocycles. The number of fused-ring (bicyclic) bond motifs is 1. The third-order valence-corrected chi connectivity index (χ3v) is 4.25. The van der Waals surface area contributed by atoms with Crippen LogP contribution >= 0.6 is 0 Å². The summed E-state index contributed by atoms with van der Waals surface area (Å²) in [5.74, 6) is -1.44. The molecule has 20 heavy (non-hydrogen) atoms. The average molecular weight is 273 g/mol. The largest absolute Gasteiger partial charge is 0.481 e. The van der Waals surface area contributed by atoms with Crippen molar-refractivity contribution in [3.8, 4) is 0 Å². The SMILES string of the molecule is CC(C)(C(=O)O)c1ccc(N2C(=O)C3CC3C2=O)cc1. The molecule has 0 aromatic heterocycles. The lowest BCUT2D eigenvalue weighted by atomic mass is 9.85. The molecule has 5 nitrogen and oxygen atoms in total. The minimum Gasteiger partial charge on any atom is -0.481 e. The predicted molar refractivity (Wildman–Crippen MR) is 71.2 cm³/mol.